The molecule has 112 valence electrons. The lowest BCUT2D eigenvalue weighted by atomic mass is 9.90. The van der Waals surface area contributed by atoms with Gasteiger partial charge in [0.05, 0.1) is 0 Å². The number of carbonyl (C=O) groups excluding carboxylic acids is 2. The van der Waals surface area contributed by atoms with Gasteiger partial charge in [0, 0.05) is 21.5 Å². The number of hydrogen-bond acceptors (Lipinski definition) is 2. The number of carbonyl (C=O) groups is 2. The smallest absolute Gasteiger partial charge is 0.234 e. The Morgan fingerprint density at radius 1 is 0.739 bits per heavy atom. The highest BCUT2D eigenvalue weighted by Crippen LogP contribution is 2.40. The Bertz CT molecular complexity index is 1010. The summed E-state index contributed by atoms with van der Waals surface area (Å²) in [7, 11) is 0. The van der Waals surface area contributed by atoms with E-state index >= 15 is 0 Å². The lowest BCUT2D eigenvalue weighted by Crippen LogP contribution is -2.07. The standard InChI is InChI=1S/C20H13ClO2/c1-10-3-8-14-17-16(10)11(2)9-15(18(17)20(23)19(14)22)12-4-6-13(21)7-5-12/h3-9H,1-2H3. The Kier molecular flexibility index (Phi) is 2.94. The SMILES string of the molecule is Cc1ccc2c3c(c(-c4ccc(Cl)cc4)cc(C)c13)C(=O)C2=O. The van der Waals surface area contributed by atoms with E-state index in [4.69, 9.17) is 11.6 Å². The van der Waals surface area contributed by atoms with Crippen molar-refractivity contribution in [2.45, 2.75) is 13.8 Å². The van der Waals surface area contributed by atoms with Gasteiger partial charge in [-0.3, -0.25) is 9.59 Å². The van der Waals surface area contributed by atoms with Gasteiger partial charge in [-0.2, -0.15) is 0 Å². The fourth-order valence-corrected chi connectivity index (χ4v) is 3.61. The minimum absolute atomic E-state index is 0.411. The quantitative estimate of drug-likeness (QED) is 0.581. The summed E-state index contributed by atoms with van der Waals surface area (Å²) in [4.78, 5) is 25.0. The van der Waals surface area contributed by atoms with E-state index in [0.29, 0.717) is 16.1 Å². The largest absolute Gasteiger partial charge is 0.285 e. The Labute approximate surface area is 138 Å². The van der Waals surface area contributed by atoms with Crippen LogP contribution >= 0.6 is 11.6 Å². The first-order valence-corrected chi connectivity index (χ1v) is 7.78. The lowest BCUT2D eigenvalue weighted by Gasteiger charge is -2.13. The second kappa shape index (κ2) is 4.77. The molecule has 0 spiro atoms. The zero-order chi connectivity index (χ0) is 16.3. The summed E-state index contributed by atoms with van der Waals surface area (Å²) in [6, 6.07) is 13.0. The van der Waals surface area contributed by atoms with Crippen molar-refractivity contribution in [3.8, 4) is 11.1 Å². The molecular weight excluding hydrogens is 308 g/mol. The van der Waals surface area contributed by atoms with Crippen LogP contribution in [0.25, 0.3) is 21.9 Å². The van der Waals surface area contributed by atoms with Crippen molar-refractivity contribution in [1.82, 2.24) is 0 Å². The van der Waals surface area contributed by atoms with Crippen LogP contribution in [0.4, 0.5) is 0 Å². The van der Waals surface area contributed by atoms with Gasteiger partial charge in [0.1, 0.15) is 0 Å². The van der Waals surface area contributed by atoms with Crippen LogP contribution in [0.2, 0.25) is 5.02 Å². The van der Waals surface area contributed by atoms with Crippen molar-refractivity contribution in [3.63, 3.8) is 0 Å². The second-order valence-electron chi connectivity index (χ2n) is 5.96. The van der Waals surface area contributed by atoms with E-state index in [0.717, 1.165) is 33.0 Å². The van der Waals surface area contributed by atoms with Crippen LogP contribution in [0.3, 0.4) is 0 Å². The summed E-state index contributed by atoms with van der Waals surface area (Å²) in [5, 5.41) is 2.45. The third kappa shape index (κ3) is 1.88. The molecule has 0 saturated heterocycles. The summed E-state index contributed by atoms with van der Waals surface area (Å²) in [6.07, 6.45) is 0. The molecule has 3 aromatic carbocycles. The van der Waals surface area contributed by atoms with E-state index in [1.165, 1.54) is 0 Å². The Balaban J connectivity index is 2.17. The molecule has 0 amide bonds. The number of ketones is 2. The van der Waals surface area contributed by atoms with E-state index in [-0.39, 0.29) is 0 Å². The third-order valence-electron chi connectivity index (χ3n) is 4.52. The predicted molar refractivity (Wildman–Crippen MR) is 92.5 cm³/mol. The first-order chi connectivity index (χ1) is 11.0. The fraction of sp³-hybridized carbons (Fsp3) is 0.100. The van der Waals surface area contributed by atoms with Crippen molar-refractivity contribution < 1.29 is 9.59 Å². The molecule has 1 aliphatic rings. The summed E-state index contributed by atoms with van der Waals surface area (Å²) >= 11 is 5.96. The van der Waals surface area contributed by atoms with Crippen molar-refractivity contribution in [2.24, 2.45) is 0 Å². The molecule has 0 fully saturated rings. The predicted octanol–water partition coefficient (Wildman–Crippen LogP) is 5.16. The van der Waals surface area contributed by atoms with Crippen LogP contribution < -0.4 is 0 Å². The van der Waals surface area contributed by atoms with Crippen LogP contribution in [0, 0.1) is 13.8 Å². The fourth-order valence-electron chi connectivity index (χ4n) is 3.49. The van der Waals surface area contributed by atoms with E-state index < -0.39 is 11.6 Å². The van der Waals surface area contributed by atoms with Crippen LogP contribution in [-0.4, -0.2) is 11.6 Å². The van der Waals surface area contributed by atoms with Crippen molar-refractivity contribution in [2.75, 3.05) is 0 Å². The molecule has 0 saturated carbocycles. The molecule has 3 aromatic rings. The molecule has 0 N–H and O–H groups in total. The topological polar surface area (TPSA) is 34.1 Å². The molecule has 0 aromatic heterocycles. The molecule has 1 aliphatic carbocycles. The van der Waals surface area contributed by atoms with Gasteiger partial charge in [0.2, 0.25) is 11.6 Å². The molecule has 0 aliphatic heterocycles. The number of aryl methyl sites for hydroxylation is 2. The van der Waals surface area contributed by atoms with Crippen LogP contribution in [0.15, 0.2) is 42.5 Å². The molecule has 2 nitrogen and oxygen atoms in total. The second-order valence-corrected chi connectivity index (χ2v) is 6.40. The zero-order valence-corrected chi connectivity index (χ0v) is 13.5. The van der Waals surface area contributed by atoms with E-state index in [2.05, 4.69) is 0 Å². The average Bonchev–Trinajstić information content (AvgIpc) is 2.78. The number of halogens is 1. The van der Waals surface area contributed by atoms with Crippen molar-refractivity contribution in [1.29, 1.82) is 0 Å². The van der Waals surface area contributed by atoms with Gasteiger partial charge in [-0.05, 0) is 59.7 Å². The van der Waals surface area contributed by atoms with E-state index in [9.17, 15) is 9.59 Å². The number of rotatable bonds is 1. The Morgan fingerprint density at radius 3 is 2.13 bits per heavy atom. The molecule has 0 atom stereocenters. The summed E-state index contributed by atoms with van der Waals surface area (Å²) in [6.45, 7) is 4.02. The third-order valence-corrected chi connectivity index (χ3v) is 4.77. The molecule has 0 radical (unpaired) electrons. The Hall–Kier alpha value is -2.45. The maximum Gasteiger partial charge on any atom is 0.234 e. The van der Waals surface area contributed by atoms with Crippen LogP contribution in [0.1, 0.15) is 31.8 Å². The number of Topliss-reactive ketones (excluding diaryl/α,β-unsaturated/α-hetero) is 2. The Morgan fingerprint density at radius 2 is 1.43 bits per heavy atom. The van der Waals surface area contributed by atoms with E-state index in [1.807, 2.05) is 38.1 Å². The minimum Gasteiger partial charge on any atom is -0.285 e. The van der Waals surface area contributed by atoms with Crippen molar-refractivity contribution in [3.05, 3.63) is 69.7 Å². The molecule has 0 unspecified atom stereocenters. The molecule has 3 heteroatoms. The molecular formula is C20H13ClO2. The van der Waals surface area contributed by atoms with Crippen molar-refractivity contribution >= 4 is 33.9 Å². The number of hydrogen-bond donors (Lipinski definition) is 0. The first kappa shape index (κ1) is 14.2. The van der Waals surface area contributed by atoms with Gasteiger partial charge >= 0.3 is 0 Å². The van der Waals surface area contributed by atoms with E-state index in [1.54, 1.807) is 18.2 Å². The summed E-state index contributed by atoms with van der Waals surface area (Å²) in [5.41, 5.74) is 4.88. The van der Waals surface area contributed by atoms with Gasteiger partial charge < -0.3 is 0 Å². The number of benzene rings is 3. The minimum atomic E-state index is -0.416. The highest BCUT2D eigenvalue weighted by molar-refractivity contribution is 6.58. The molecule has 0 heterocycles. The zero-order valence-electron chi connectivity index (χ0n) is 12.7. The maximum absolute atomic E-state index is 12.6. The van der Waals surface area contributed by atoms with Gasteiger partial charge in [-0.15, -0.1) is 0 Å². The monoisotopic (exact) mass is 320 g/mol. The highest BCUT2D eigenvalue weighted by Gasteiger charge is 2.34. The maximum atomic E-state index is 12.6. The van der Waals surface area contributed by atoms with Gasteiger partial charge in [-0.1, -0.05) is 35.9 Å². The lowest BCUT2D eigenvalue weighted by molar-refractivity contribution is 0.0825. The summed E-state index contributed by atoms with van der Waals surface area (Å²) < 4.78 is 0. The van der Waals surface area contributed by atoms with Gasteiger partial charge in [0.15, 0.2) is 0 Å². The average molecular weight is 321 g/mol. The molecule has 23 heavy (non-hydrogen) atoms. The van der Waals surface area contributed by atoms with Gasteiger partial charge in [-0.25, -0.2) is 0 Å². The van der Waals surface area contributed by atoms with Gasteiger partial charge in [0.25, 0.3) is 0 Å². The molecule has 0 bridgehead atoms. The highest BCUT2D eigenvalue weighted by atomic mass is 35.5. The normalized spacial score (nSPS) is 13.2. The first-order valence-electron chi connectivity index (χ1n) is 7.41. The van der Waals surface area contributed by atoms with Crippen LogP contribution in [-0.2, 0) is 0 Å². The van der Waals surface area contributed by atoms with Crippen LogP contribution in [0.5, 0.6) is 0 Å². The summed E-state index contributed by atoms with van der Waals surface area (Å²) in [5.74, 6) is -0.827. The molecule has 4 rings (SSSR count).